The highest BCUT2D eigenvalue weighted by Crippen LogP contribution is 2.29. The van der Waals surface area contributed by atoms with E-state index in [-0.39, 0.29) is 23.4 Å². The van der Waals surface area contributed by atoms with Crippen LogP contribution in [-0.2, 0) is 11.3 Å². The fourth-order valence-corrected chi connectivity index (χ4v) is 2.20. The zero-order valence-electron chi connectivity index (χ0n) is 13.7. The summed E-state index contributed by atoms with van der Waals surface area (Å²) in [7, 11) is 1.57. The van der Waals surface area contributed by atoms with E-state index in [0.717, 1.165) is 13.0 Å². The number of nitro groups is 1. The molecule has 0 amide bonds. The van der Waals surface area contributed by atoms with Gasteiger partial charge in [-0.25, -0.2) is 15.0 Å². The number of anilines is 2. The molecular weight excluding hydrogens is 314 g/mol. The van der Waals surface area contributed by atoms with E-state index in [9.17, 15) is 10.1 Å². The van der Waals surface area contributed by atoms with Crippen molar-refractivity contribution in [1.29, 1.82) is 0 Å². The molecule has 0 aliphatic heterocycles. The number of imidazole rings is 1. The number of nitrogens with one attached hydrogen (secondary N) is 2. The third kappa shape index (κ3) is 4.88. The zero-order valence-corrected chi connectivity index (χ0v) is 13.7. The van der Waals surface area contributed by atoms with Crippen LogP contribution in [0.3, 0.4) is 0 Å². The third-order valence-electron chi connectivity index (χ3n) is 3.25. The molecule has 2 aromatic heterocycles. The van der Waals surface area contributed by atoms with E-state index in [1.54, 1.807) is 19.6 Å². The van der Waals surface area contributed by atoms with Gasteiger partial charge >= 0.3 is 5.69 Å². The Morgan fingerprint density at radius 2 is 2.21 bits per heavy atom. The standard InChI is InChI=1S/C14H21N7O3/c1-11(8-24-2)19-14-12(21(22)23)13(17-9-18-14)16-4-3-6-20-7-5-15-10-20/h5,7,9-11H,3-4,6,8H2,1-2H3,(H2,16,17,18,19). The number of ether oxygens (including phenoxy) is 1. The first-order chi connectivity index (χ1) is 11.6. The fraction of sp³-hybridized carbons (Fsp3) is 0.500. The van der Waals surface area contributed by atoms with Crippen molar-refractivity contribution in [2.45, 2.75) is 25.9 Å². The van der Waals surface area contributed by atoms with Crippen LogP contribution < -0.4 is 10.6 Å². The summed E-state index contributed by atoms with van der Waals surface area (Å²) in [6.45, 7) is 3.58. The molecule has 1 unspecified atom stereocenters. The highest BCUT2D eigenvalue weighted by Gasteiger charge is 2.23. The minimum absolute atomic E-state index is 0.113. The van der Waals surface area contributed by atoms with E-state index in [1.807, 2.05) is 17.7 Å². The molecule has 10 nitrogen and oxygen atoms in total. The summed E-state index contributed by atoms with van der Waals surface area (Å²) in [6, 6.07) is -0.113. The molecule has 0 bridgehead atoms. The number of hydrogen-bond acceptors (Lipinski definition) is 8. The van der Waals surface area contributed by atoms with Crippen LogP contribution in [0.5, 0.6) is 0 Å². The van der Waals surface area contributed by atoms with E-state index in [0.29, 0.717) is 13.2 Å². The number of rotatable bonds is 10. The normalized spacial score (nSPS) is 11.9. The molecule has 0 aromatic carbocycles. The molecule has 24 heavy (non-hydrogen) atoms. The monoisotopic (exact) mass is 335 g/mol. The van der Waals surface area contributed by atoms with Gasteiger partial charge in [0.1, 0.15) is 6.33 Å². The maximum absolute atomic E-state index is 11.4. The molecule has 0 aliphatic rings. The van der Waals surface area contributed by atoms with Crippen molar-refractivity contribution < 1.29 is 9.66 Å². The van der Waals surface area contributed by atoms with Crippen molar-refractivity contribution in [2.75, 3.05) is 30.9 Å². The second kappa shape index (κ2) is 8.77. The molecule has 0 fully saturated rings. The minimum atomic E-state index is -0.486. The molecular formula is C14H21N7O3. The first-order valence-electron chi connectivity index (χ1n) is 7.56. The Bertz CT molecular complexity index is 648. The van der Waals surface area contributed by atoms with Gasteiger partial charge in [-0.15, -0.1) is 0 Å². The predicted octanol–water partition coefficient (Wildman–Crippen LogP) is 1.53. The lowest BCUT2D eigenvalue weighted by Crippen LogP contribution is -2.22. The highest BCUT2D eigenvalue weighted by atomic mass is 16.6. The van der Waals surface area contributed by atoms with Crippen LogP contribution in [0.2, 0.25) is 0 Å². The van der Waals surface area contributed by atoms with E-state index < -0.39 is 4.92 Å². The number of methoxy groups -OCH3 is 1. The van der Waals surface area contributed by atoms with Gasteiger partial charge in [-0.05, 0) is 13.3 Å². The minimum Gasteiger partial charge on any atom is -0.383 e. The van der Waals surface area contributed by atoms with E-state index >= 15 is 0 Å². The molecule has 2 rings (SSSR count). The molecule has 0 radical (unpaired) electrons. The number of aryl methyl sites for hydroxylation is 1. The van der Waals surface area contributed by atoms with E-state index in [2.05, 4.69) is 25.6 Å². The van der Waals surface area contributed by atoms with Gasteiger partial charge in [0.05, 0.1) is 17.9 Å². The SMILES string of the molecule is COCC(C)Nc1ncnc(NCCCn2ccnc2)c1[N+](=O)[O-]. The molecule has 0 aliphatic carbocycles. The van der Waals surface area contributed by atoms with E-state index in [1.165, 1.54) is 6.33 Å². The fourth-order valence-electron chi connectivity index (χ4n) is 2.20. The molecule has 2 N–H and O–H groups in total. The molecule has 1 atom stereocenters. The van der Waals surface area contributed by atoms with Gasteiger partial charge in [-0.2, -0.15) is 0 Å². The van der Waals surface area contributed by atoms with Gasteiger partial charge in [-0.3, -0.25) is 10.1 Å². The Morgan fingerprint density at radius 1 is 1.42 bits per heavy atom. The molecule has 130 valence electrons. The third-order valence-corrected chi connectivity index (χ3v) is 3.25. The number of hydrogen-bond donors (Lipinski definition) is 2. The summed E-state index contributed by atoms with van der Waals surface area (Å²) < 4.78 is 6.96. The van der Waals surface area contributed by atoms with Crippen molar-refractivity contribution in [3.63, 3.8) is 0 Å². The van der Waals surface area contributed by atoms with Crippen LogP contribution in [0.4, 0.5) is 17.3 Å². The van der Waals surface area contributed by atoms with Crippen LogP contribution in [0.1, 0.15) is 13.3 Å². The second-order valence-electron chi connectivity index (χ2n) is 5.26. The summed E-state index contributed by atoms with van der Waals surface area (Å²) in [6.07, 6.45) is 7.38. The molecule has 0 spiro atoms. The first-order valence-corrected chi connectivity index (χ1v) is 7.56. The highest BCUT2D eigenvalue weighted by molar-refractivity contribution is 5.69. The second-order valence-corrected chi connectivity index (χ2v) is 5.26. The van der Waals surface area contributed by atoms with Crippen molar-refractivity contribution in [1.82, 2.24) is 19.5 Å². The van der Waals surface area contributed by atoms with Crippen LogP contribution in [0, 0.1) is 10.1 Å². The summed E-state index contributed by atoms with van der Waals surface area (Å²) >= 11 is 0. The van der Waals surface area contributed by atoms with Crippen molar-refractivity contribution in [2.24, 2.45) is 0 Å². The summed E-state index contributed by atoms with van der Waals surface area (Å²) in [5, 5.41) is 17.4. The van der Waals surface area contributed by atoms with Crippen molar-refractivity contribution in [3.8, 4) is 0 Å². The van der Waals surface area contributed by atoms with Gasteiger partial charge < -0.3 is 19.9 Å². The Hall–Kier alpha value is -2.75. The molecule has 0 saturated carbocycles. The topological polar surface area (TPSA) is 120 Å². The number of aromatic nitrogens is 4. The average molecular weight is 335 g/mol. The lowest BCUT2D eigenvalue weighted by Gasteiger charge is -2.14. The average Bonchev–Trinajstić information content (AvgIpc) is 3.05. The van der Waals surface area contributed by atoms with Gasteiger partial charge in [0.2, 0.25) is 11.6 Å². The predicted molar refractivity (Wildman–Crippen MR) is 89.0 cm³/mol. The molecule has 0 saturated heterocycles. The maximum atomic E-state index is 11.4. The van der Waals surface area contributed by atoms with Crippen LogP contribution in [-0.4, -0.2) is 50.7 Å². The number of nitrogens with zero attached hydrogens (tertiary/aromatic N) is 5. The molecule has 2 heterocycles. The van der Waals surface area contributed by atoms with Gasteiger partial charge in [-0.1, -0.05) is 0 Å². The van der Waals surface area contributed by atoms with E-state index in [4.69, 9.17) is 4.74 Å². The van der Waals surface area contributed by atoms with Gasteiger partial charge in [0, 0.05) is 38.6 Å². The largest absolute Gasteiger partial charge is 0.383 e. The van der Waals surface area contributed by atoms with Crippen LogP contribution in [0.25, 0.3) is 0 Å². The van der Waals surface area contributed by atoms with Crippen molar-refractivity contribution >= 4 is 17.3 Å². The smallest absolute Gasteiger partial charge is 0.353 e. The van der Waals surface area contributed by atoms with Gasteiger partial charge in [0.25, 0.3) is 0 Å². The van der Waals surface area contributed by atoms with Crippen LogP contribution >= 0.6 is 0 Å². The van der Waals surface area contributed by atoms with Crippen LogP contribution in [0.15, 0.2) is 25.0 Å². The summed E-state index contributed by atoms with van der Waals surface area (Å²) in [5.74, 6) is 0.379. The Kier molecular flexibility index (Phi) is 6.43. The lowest BCUT2D eigenvalue weighted by atomic mass is 10.3. The molecule has 10 heteroatoms. The Balaban J connectivity index is 2.01. The quantitative estimate of drug-likeness (QED) is 0.381. The maximum Gasteiger partial charge on any atom is 0.353 e. The Morgan fingerprint density at radius 3 is 2.88 bits per heavy atom. The van der Waals surface area contributed by atoms with Crippen molar-refractivity contribution in [3.05, 3.63) is 35.2 Å². The lowest BCUT2D eigenvalue weighted by molar-refractivity contribution is -0.383. The summed E-state index contributed by atoms with van der Waals surface area (Å²) in [4.78, 5) is 22.9. The first kappa shape index (κ1) is 17.6. The Labute approximate surface area is 139 Å². The van der Waals surface area contributed by atoms with Gasteiger partial charge in [0.15, 0.2) is 0 Å². The zero-order chi connectivity index (χ0) is 17.4. The molecule has 2 aromatic rings. The summed E-state index contributed by atoms with van der Waals surface area (Å²) in [5.41, 5.74) is -0.164.